The molecular weight excluding hydrogens is 142 g/mol. The van der Waals surface area contributed by atoms with Crippen LogP contribution in [-0.4, -0.2) is 25.2 Å². The molecule has 0 fully saturated rings. The third kappa shape index (κ3) is 4.42. The Morgan fingerprint density at radius 1 is 1.55 bits per heavy atom. The van der Waals surface area contributed by atoms with Crippen LogP contribution in [0, 0.1) is 5.92 Å². The second-order valence-corrected chi connectivity index (χ2v) is 2.67. The lowest BCUT2D eigenvalue weighted by Crippen LogP contribution is -2.20. The van der Waals surface area contributed by atoms with Crippen molar-refractivity contribution in [2.45, 2.75) is 13.8 Å². The van der Waals surface area contributed by atoms with Gasteiger partial charge in [-0.1, -0.05) is 19.9 Å². The van der Waals surface area contributed by atoms with Gasteiger partial charge in [-0.3, -0.25) is 4.90 Å². The Morgan fingerprint density at radius 2 is 2.09 bits per heavy atom. The Hall–Kier alpha value is -0.990. The van der Waals surface area contributed by atoms with Gasteiger partial charge in [0.25, 0.3) is 0 Å². The van der Waals surface area contributed by atoms with Gasteiger partial charge in [0.05, 0.1) is 7.11 Å². The largest absolute Gasteiger partial charge is 0.453 e. The van der Waals surface area contributed by atoms with Crippen molar-refractivity contribution in [3.8, 4) is 0 Å². The zero-order valence-corrected chi connectivity index (χ0v) is 7.50. The second-order valence-electron chi connectivity index (χ2n) is 2.67. The van der Waals surface area contributed by atoms with Gasteiger partial charge in [-0.05, 0) is 5.92 Å². The molecule has 0 aliphatic rings. The van der Waals surface area contributed by atoms with Crippen LogP contribution in [0.1, 0.15) is 13.8 Å². The summed E-state index contributed by atoms with van der Waals surface area (Å²) in [6, 6.07) is 0. The van der Waals surface area contributed by atoms with E-state index in [-0.39, 0.29) is 6.09 Å². The maximum absolute atomic E-state index is 10.8. The number of methoxy groups -OCH3 is 1. The summed E-state index contributed by atoms with van der Waals surface area (Å²) in [5, 5.41) is 0. The Labute approximate surface area is 67.6 Å². The lowest BCUT2D eigenvalue weighted by molar-refractivity contribution is 0.147. The first kappa shape index (κ1) is 10.0. The average Bonchev–Trinajstić information content (AvgIpc) is 1.98. The van der Waals surface area contributed by atoms with Gasteiger partial charge in [0, 0.05) is 13.2 Å². The van der Waals surface area contributed by atoms with Crippen LogP contribution in [0.2, 0.25) is 0 Å². The maximum atomic E-state index is 10.8. The van der Waals surface area contributed by atoms with Gasteiger partial charge < -0.3 is 4.74 Å². The minimum absolute atomic E-state index is 0.345. The van der Waals surface area contributed by atoms with E-state index in [0.29, 0.717) is 5.92 Å². The molecule has 0 aliphatic heterocycles. The first-order valence-electron chi connectivity index (χ1n) is 3.57. The van der Waals surface area contributed by atoms with Gasteiger partial charge in [0.1, 0.15) is 0 Å². The molecule has 0 aromatic rings. The standard InChI is InChI=1S/C8H15NO2/c1-7(2)5-6-9(3)8(10)11-4/h5-7H,1-4H3. The molecule has 0 spiro atoms. The monoisotopic (exact) mass is 157 g/mol. The lowest BCUT2D eigenvalue weighted by atomic mass is 10.2. The normalized spacial score (nSPS) is 10.6. The lowest BCUT2D eigenvalue weighted by Gasteiger charge is -2.09. The van der Waals surface area contributed by atoms with Gasteiger partial charge in [-0.15, -0.1) is 0 Å². The molecule has 0 saturated carbocycles. The quantitative estimate of drug-likeness (QED) is 0.612. The second kappa shape index (κ2) is 4.77. The Kier molecular flexibility index (Phi) is 4.34. The van der Waals surface area contributed by atoms with E-state index in [1.807, 2.05) is 19.9 Å². The van der Waals surface area contributed by atoms with Crippen molar-refractivity contribution in [1.29, 1.82) is 0 Å². The van der Waals surface area contributed by atoms with E-state index in [4.69, 9.17) is 0 Å². The first-order chi connectivity index (χ1) is 5.07. The molecule has 0 bridgehead atoms. The van der Waals surface area contributed by atoms with E-state index in [1.54, 1.807) is 13.2 Å². The van der Waals surface area contributed by atoms with Crippen molar-refractivity contribution in [2.24, 2.45) is 5.92 Å². The van der Waals surface area contributed by atoms with E-state index in [1.165, 1.54) is 12.0 Å². The minimum atomic E-state index is -0.345. The van der Waals surface area contributed by atoms with E-state index in [0.717, 1.165) is 0 Å². The molecule has 3 heteroatoms. The molecule has 1 amide bonds. The predicted octanol–water partition coefficient (Wildman–Crippen LogP) is 1.85. The molecule has 0 N–H and O–H groups in total. The summed E-state index contributed by atoms with van der Waals surface area (Å²) in [4.78, 5) is 12.2. The van der Waals surface area contributed by atoms with Crippen molar-refractivity contribution >= 4 is 6.09 Å². The van der Waals surface area contributed by atoms with Crippen LogP contribution in [0.25, 0.3) is 0 Å². The van der Waals surface area contributed by atoms with Crippen LogP contribution >= 0.6 is 0 Å². The molecule has 0 atom stereocenters. The highest BCUT2D eigenvalue weighted by atomic mass is 16.5. The fourth-order valence-electron chi connectivity index (χ4n) is 0.506. The number of carbonyl (C=O) groups excluding carboxylic acids is 1. The molecule has 0 aliphatic carbocycles. The summed E-state index contributed by atoms with van der Waals surface area (Å²) in [6.45, 7) is 4.09. The van der Waals surface area contributed by atoms with Gasteiger partial charge in [0.2, 0.25) is 0 Å². The number of carbonyl (C=O) groups is 1. The number of ether oxygens (including phenoxy) is 1. The molecule has 11 heavy (non-hydrogen) atoms. The Bertz CT molecular complexity index is 152. The number of hydrogen-bond acceptors (Lipinski definition) is 2. The smallest absolute Gasteiger partial charge is 0.413 e. The molecule has 0 radical (unpaired) electrons. The van der Waals surface area contributed by atoms with Crippen molar-refractivity contribution in [2.75, 3.05) is 14.2 Å². The molecule has 0 aromatic carbocycles. The predicted molar refractivity (Wildman–Crippen MR) is 44.1 cm³/mol. The molecule has 0 aromatic heterocycles. The zero-order chi connectivity index (χ0) is 8.85. The van der Waals surface area contributed by atoms with E-state index < -0.39 is 0 Å². The SMILES string of the molecule is COC(=O)N(C)C=CC(C)C. The van der Waals surface area contributed by atoms with Gasteiger partial charge in [0.15, 0.2) is 0 Å². The minimum Gasteiger partial charge on any atom is -0.453 e. The van der Waals surface area contributed by atoms with Crippen molar-refractivity contribution in [1.82, 2.24) is 4.90 Å². The third-order valence-electron chi connectivity index (χ3n) is 1.16. The van der Waals surface area contributed by atoms with Crippen LogP contribution in [0.5, 0.6) is 0 Å². The van der Waals surface area contributed by atoms with Gasteiger partial charge in [-0.2, -0.15) is 0 Å². The number of allylic oxidation sites excluding steroid dienone is 1. The van der Waals surface area contributed by atoms with Crippen molar-refractivity contribution < 1.29 is 9.53 Å². The van der Waals surface area contributed by atoms with Crippen molar-refractivity contribution in [3.05, 3.63) is 12.3 Å². The topological polar surface area (TPSA) is 29.5 Å². The number of hydrogen-bond donors (Lipinski definition) is 0. The summed E-state index contributed by atoms with van der Waals surface area (Å²) in [6.07, 6.45) is 3.29. The Balaban J connectivity index is 3.86. The van der Waals surface area contributed by atoms with Crippen LogP contribution in [-0.2, 0) is 4.74 Å². The fourth-order valence-corrected chi connectivity index (χ4v) is 0.506. The van der Waals surface area contributed by atoms with Gasteiger partial charge in [-0.25, -0.2) is 4.79 Å². The van der Waals surface area contributed by atoms with Crippen molar-refractivity contribution in [3.63, 3.8) is 0 Å². The van der Waals surface area contributed by atoms with E-state index >= 15 is 0 Å². The summed E-state index contributed by atoms with van der Waals surface area (Å²) in [7, 11) is 3.02. The van der Waals surface area contributed by atoms with Crippen LogP contribution in [0.15, 0.2) is 12.3 Å². The molecule has 0 saturated heterocycles. The first-order valence-corrected chi connectivity index (χ1v) is 3.57. The van der Waals surface area contributed by atoms with Crippen LogP contribution < -0.4 is 0 Å². The molecule has 3 nitrogen and oxygen atoms in total. The molecule has 0 heterocycles. The fraction of sp³-hybridized carbons (Fsp3) is 0.625. The van der Waals surface area contributed by atoms with Crippen LogP contribution in [0.3, 0.4) is 0 Å². The number of nitrogens with zero attached hydrogens (tertiary/aromatic N) is 1. The summed E-state index contributed by atoms with van der Waals surface area (Å²) in [5.41, 5.74) is 0. The van der Waals surface area contributed by atoms with E-state index in [2.05, 4.69) is 4.74 Å². The summed E-state index contributed by atoms with van der Waals surface area (Å²) in [5.74, 6) is 0.446. The highest BCUT2D eigenvalue weighted by Gasteiger charge is 2.02. The molecule has 64 valence electrons. The summed E-state index contributed by atoms with van der Waals surface area (Å²) >= 11 is 0. The van der Waals surface area contributed by atoms with Gasteiger partial charge >= 0.3 is 6.09 Å². The van der Waals surface area contributed by atoms with E-state index in [9.17, 15) is 4.79 Å². The zero-order valence-electron chi connectivity index (χ0n) is 7.50. The third-order valence-corrected chi connectivity index (χ3v) is 1.16. The maximum Gasteiger partial charge on any atom is 0.413 e. The highest BCUT2D eigenvalue weighted by Crippen LogP contribution is 1.96. The number of rotatable bonds is 2. The molecular formula is C8H15NO2. The molecule has 0 rings (SSSR count). The number of amides is 1. The highest BCUT2D eigenvalue weighted by molar-refractivity contribution is 5.68. The summed E-state index contributed by atoms with van der Waals surface area (Å²) < 4.78 is 4.48. The average molecular weight is 157 g/mol. The Morgan fingerprint density at radius 3 is 2.45 bits per heavy atom. The molecule has 0 unspecified atom stereocenters. The van der Waals surface area contributed by atoms with Crippen LogP contribution in [0.4, 0.5) is 4.79 Å².